The highest BCUT2D eigenvalue weighted by atomic mass is 19.1. The van der Waals surface area contributed by atoms with Crippen LogP contribution < -0.4 is 5.32 Å². The fourth-order valence-electron chi connectivity index (χ4n) is 3.38. The summed E-state index contributed by atoms with van der Waals surface area (Å²) >= 11 is 0. The van der Waals surface area contributed by atoms with E-state index in [0.29, 0.717) is 36.0 Å². The van der Waals surface area contributed by atoms with Gasteiger partial charge in [0.1, 0.15) is 11.6 Å². The van der Waals surface area contributed by atoms with Gasteiger partial charge in [0.15, 0.2) is 0 Å². The van der Waals surface area contributed by atoms with E-state index in [1.807, 2.05) is 36.0 Å². The largest absolute Gasteiger partial charge is 0.366 e. The van der Waals surface area contributed by atoms with Crippen molar-refractivity contribution in [2.75, 3.05) is 32.5 Å². The summed E-state index contributed by atoms with van der Waals surface area (Å²) in [7, 11) is 3.83. The van der Waals surface area contributed by atoms with Crippen molar-refractivity contribution < 1.29 is 9.18 Å². The summed E-state index contributed by atoms with van der Waals surface area (Å²) < 4.78 is 14.2. The van der Waals surface area contributed by atoms with Gasteiger partial charge in [0.05, 0.1) is 5.56 Å². The Balaban J connectivity index is 1.56. The van der Waals surface area contributed by atoms with Gasteiger partial charge in [-0.1, -0.05) is 19.1 Å². The molecule has 0 saturated carbocycles. The molecule has 3 rings (SSSR count). The maximum absolute atomic E-state index is 14.2. The van der Waals surface area contributed by atoms with E-state index in [9.17, 15) is 9.18 Å². The summed E-state index contributed by atoms with van der Waals surface area (Å²) in [6.07, 6.45) is 3.73. The molecule has 150 valence electrons. The predicted octanol–water partition coefficient (Wildman–Crippen LogP) is 3.77. The summed E-state index contributed by atoms with van der Waals surface area (Å²) in [5, 5.41) is 3.19. The summed E-state index contributed by atoms with van der Waals surface area (Å²) in [6, 6.07) is 8.90. The lowest BCUT2D eigenvalue weighted by atomic mass is 9.99. The molecule has 28 heavy (non-hydrogen) atoms. The Morgan fingerprint density at radius 1 is 1.25 bits per heavy atom. The second kappa shape index (κ2) is 9.15. The number of amides is 1. The van der Waals surface area contributed by atoms with Crippen LogP contribution in [0.3, 0.4) is 0 Å². The average Bonchev–Trinajstić information content (AvgIpc) is 2.68. The first kappa shape index (κ1) is 20.3. The molecule has 0 bridgehead atoms. The van der Waals surface area contributed by atoms with Gasteiger partial charge in [0.25, 0.3) is 5.91 Å². The topological polar surface area (TPSA) is 48.5 Å². The molecule has 1 saturated heterocycles. The van der Waals surface area contributed by atoms with Crippen LogP contribution in [0.5, 0.6) is 0 Å². The molecule has 1 aliphatic rings. The van der Waals surface area contributed by atoms with Crippen molar-refractivity contribution in [1.29, 1.82) is 0 Å². The summed E-state index contributed by atoms with van der Waals surface area (Å²) in [4.78, 5) is 20.8. The third-order valence-corrected chi connectivity index (χ3v) is 5.16. The van der Waals surface area contributed by atoms with Crippen LogP contribution in [0.1, 0.15) is 41.3 Å². The summed E-state index contributed by atoms with van der Waals surface area (Å²) in [5.74, 6) is 1.21. The molecule has 6 heteroatoms. The molecule has 5 nitrogen and oxygen atoms in total. The first-order valence-electron chi connectivity index (χ1n) is 9.83. The van der Waals surface area contributed by atoms with Gasteiger partial charge in [-0.3, -0.25) is 4.79 Å². The Labute approximate surface area is 166 Å². The van der Waals surface area contributed by atoms with Gasteiger partial charge in [-0.2, -0.15) is 0 Å². The number of carbonyl (C=O) groups excluding carboxylic acids is 1. The Morgan fingerprint density at radius 2 is 2.00 bits per heavy atom. The highest BCUT2D eigenvalue weighted by Gasteiger charge is 2.21. The van der Waals surface area contributed by atoms with Crippen LogP contribution in [-0.2, 0) is 13.1 Å². The molecule has 2 aromatic rings. The molecule has 1 aromatic heterocycles. The maximum atomic E-state index is 14.2. The highest BCUT2D eigenvalue weighted by Crippen LogP contribution is 2.19. The van der Waals surface area contributed by atoms with Crippen LogP contribution in [0.4, 0.5) is 10.2 Å². The monoisotopic (exact) mass is 384 g/mol. The van der Waals surface area contributed by atoms with Crippen LogP contribution in [0.25, 0.3) is 0 Å². The minimum Gasteiger partial charge on any atom is -0.366 e. The maximum Gasteiger partial charge on any atom is 0.255 e. The van der Waals surface area contributed by atoms with Crippen molar-refractivity contribution >= 4 is 11.7 Å². The zero-order chi connectivity index (χ0) is 20.1. The minimum absolute atomic E-state index is 0.0458. The van der Waals surface area contributed by atoms with E-state index in [1.165, 1.54) is 0 Å². The molecule has 0 radical (unpaired) electrons. The number of anilines is 1. The van der Waals surface area contributed by atoms with E-state index in [2.05, 4.69) is 17.2 Å². The third kappa shape index (κ3) is 5.29. The molecule has 1 N–H and O–H groups in total. The number of hydrogen-bond acceptors (Lipinski definition) is 4. The van der Waals surface area contributed by atoms with E-state index >= 15 is 0 Å². The molecule has 0 atom stereocenters. The van der Waals surface area contributed by atoms with Gasteiger partial charge in [0, 0.05) is 37.9 Å². The quantitative estimate of drug-likeness (QED) is 0.824. The third-order valence-electron chi connectivity index (χ3n) is 5.16. The van der Waals surface area contributed by atoms with Crippen molar-refractivity contribution in [3.63, 3.8) is 0 Å². The van der Waals surface area contributed by atoms with Crippen molar-refractivity contribution in [3.05, 3.63) is 59.0 Å². The Morgan fingerprint density at radius 3 is 2.61 bits per heavy atom. The molecule has 2 heterocycles. The van der Waals surface area contributed by atoms with E-state index in [1.54, 1.807) is 24.4 Å². The first-order chi connectivity index (χ1) is 13.4. The number of hydrogen-bond donors (Lipinski definition) is 1. The van der Waals surface area contributed by atoms with E-state index in [0.717, 1.165) is 31.5 Å². The Bertz CT molecular complexity index is 799. The van der Waals surface area contributed by atoms with Crippen LogP contribution in [0.2, 0.25) is 0 Å². The Kier molecular flexibility index (Phi) is 6.62. The zero-order valence-electron chi connectivity index (χ0n) is 16.9. The van der Waals surface area contributed by atoms with Crippen LogP contribution >= 0.6 is 0 Å². The van der Waals surface area contributed by atoms with Crippen molar-refractivity contribution in [1.82, 2.24) is 14.8 Å². The number of nitrogens with zero attached hydrogens (tertiary/aromatic N) is 3. The SMILES string of the molecule is CC1CCN(C(=O)c2ccc(NCc3ccc(CN(C)C)c(F)c3)nc2)CC1. The van der Waals surface area contributed by atoms with Crippen LogP contribution in [0.15, 0.2) is 36.5 Å². The fraction of sp³-hybridized carbons (Fsp3) is 0.455. The molecular weight excluding hydrogens is 355 g/mol. The molecule has 0 aliphatic carbocycles. The van der Waals surface area contributed by atoms with Gasteiger partial charge in [-0.25, -0.2) is 9.37 Å². The number of halogens is 1. The lowest BCUT2D eigenvalue weighted by molar-refractivity contribution is 0.0697. The number of pyridine rings is 1. The number of piperidine rings is 1. The van der Waals surface area contributed by atoms with Gasteiger partial charge >= 0.3 is 0 Å². The molecule has 1 fully saturated rings. The normalized spacial score (nSPS) is 15.1. The molecule has 1 aliphatic heterocycles. The number of carbonyl (C=O) groups is 1. The first-order valence-corrected chi connectivity index (χ1v) is 9.83. The zero-order valence-corrected chi connectivity index (χ0v) is 16.9. The summed E-state index contributed by atoms with van der Waals surface area (Å²) in [6.45, 7) is 4.91. The summed E-state index contributed by atoms with van der Waals surface area (Å²) in [5.41, 5.74) is 2.14. The van der Waals surface area contributed by atoms with Gasteiger partial charge in [-0.05, 0) is 56.6 Å². The number of nitrogens with one attached hydrogen (secondary N) is 1. The van der Waals surface area contributed by atoms with E-state index in [-0.39, 0.29) is 11.7 Å². The van der Waals surface area contributed by atoms with Gasteiger partial charge in [0.2, 0.25) is 0 Å². The second-order valence-corrected chi connectivity index (χ2v) is 7.92. The fourth-order valence-corrected chi connectivity index (χ4v) is 3.38. The van der Waals surface area contributed by atoms with Crippen LogP contribution in [0, 0.1) is 11.7 Å². The lowest BCUT2D eigenvalue weighted by Gasteiger charge is -2.30. The number of likely N-dealkylation sites (tertiary alicyclic amines) is 1. The molecule has 0 unspecified atom stereocenters. The van der Waals surface area contributed by atoms with E-state index < -0.39 is 0 Å². The smallest absolute Gasteiger partial charge is 0.255 e. The number of benzene rings is 1. The van der Waals surface area contributed by atoms with Crippen molar-refractivity contribution in [2.24, 2.45) is 5.92 Å². The minimum atomic E-state index is -0.197. The molecule has 1 aromatic carbocycles. The average molecular weight is 384 g/mol. The standard InChI is InChI=1S/C22H29FN4O/c1-16-8-10-27(11-9-16)22(28)18-6-7-21(25-14-18)24-13-17-4-5-19(15-26(2)3)20(23)12-17/h4-7,12,14,16H,8-11,13,15H2,1-3H3,(H,24,25). The van der Waals surface area contributed by atoms with Gasteiger partial charge in [-0.15, -0.1) is 0 Å². The second-order valence-electron chi connectivity index (χ2n) is 7.92. The number of rotatable bonds is 6. The molecule has 1 amide bonds. The number of aromatic nitrogens is 1. The highest BCUT2D eigenvalue weighted by molar-refractivity contribution is 5.94. The van der Waals surface area contributed by atoms with E-state index in [4.69, 9.17) is 0 Å². The van der Waals surface area contributed by atoms with Crippen LogP contribution in [-0.4, -0.2) is 47.9 Å². The van der Waals surface area contributed by atoms with Crippen molar-refractivity contribution in [2.45, 2.75) is 32.9 Å². The van der Waals surface area contributed by atoms with Gasteiger partial charge < -0.3 is 15.1 Å². The predicted molar refractivity (Wildman–Crippen MR) is 110 cm³/mol. The lowest BCUT2D eigenvalue weighted by Crippen LogP contribution is -2.37. The molecule has 0 spiro atoms. The molecular formula is C22H29FN4O. The van der Waals surface area contributed by atoms with Crippen molar-refractivity contribution in [3.8, 4) is 0 Å². The Hall–Kier alpha value is -2.47.